The molecule has 1 N–H and O–H groups in total. The standard InChI is InChI=1S/C20H33NO6SSi/c1-8-26-19(23)18-17(16(22)13-27-29(6,7)20(3,4)5)21(18)28(24,25)15-11-9-14(2)10-12-15/h9-12,16-18,22H,8,13H2,1-7H3/t16-,17+,18+,21?/m1/s1. The minimum Gasteiger partial charge on any atom is -0.465 e. The lowest BCUT2D eigenvalue weighted by Gasteiger charge is -2.36. The number of carbonyl (C=O) groups is 1. The Bertz CT molecular complexity index is 832. The first-order valence-corrected chi connectivity index (χ1v) is 14.2. The van der Waals surface area contributed by atoms with Crippen LogP contribution in [0.5, 0.6) is 0 Å². The molecule has 2 rings (SSSR count). The number of benzene rings is 1. The highest BCUT2D eigenvalue weighted by Gasteiger charge is 2.63. The fourth-order valence-corrected chi connectivity index (χ4v) is 5.61. The third-order valence-corrected chi connectivity index (χ3v) is 12.1. The van der Waals surface area contributed by atoms with Crippen LogP contribution in [0.25, 0.3) is 0 Å². The molecule has 164 valence electrons. The summed E-state index contributed by atoms with van der Waals surface area (Å²) in [5.41, 5.74) is 0.927. The molecule has 0 bridgehead atoms. The zero-order valence-electron chi connectivity index (χ0n) is 18.3. The number of aryl methyl sites for hydroxylation is 1. The Hall–Kier alpha value is -1.26. The van der Waals surface area contributed by atoms with Gasteiger partial charge in [-0.15, -0.1) is 0 Å². The van der Waals surface area contributed by atoms with E-state index in [1.165, 1.54) is 12.1 Å². The second-order valence-corrected chi connectivity index (χ2v) is 15.6. The molecule has 1 unspecified atom stereocenters. The number of sulfonamides is 1. The first-order valence-electron chi connectivity index (χ1n) is 9.83. The van der Waals surface area contributed by atoms with Gasteiger partial charge < -0.3 is 14.3 Å². The van der Waals surface area contributed by atoms with Gasteiger partial charge in [0, 0.05) is 0 Å². The smallest absolute Gasteiger partial charge is 0.326 e. The molecule has 0 spiro atoms. The van der Waals surface area contributed by atoms with E-state index >= 15 is 0 Å². The van der Waals surface area contributed by atoms with Crippen molar-refractivity contribution in [3.8, 4) is 0 Å². The molecule has 0 aromatic heterocycles. The van der Waals surface area contributed by atoms with E-state index in [0.29, 0.717) is 0 Å². The summed E-state index contributed by atoms with van der Waals surface area (Å²) >= 11 is 0. The quantitative estimate of drug-likeness (QED) is 0.377. The van der Waals surface area contributed by atoms with Crippen molar-refractivity contribution in [1.82, 2.24) is 4.31 Å². The molecule has 0 saturated carbocycles. The normalized spacial score (nSPS) is 23.5. The number of hydrogen-bond acceptors (Lipinski definition) is 6. The van der Waals surface area contributed by atoms with Gasteiger partial charge >= 0.3 is 5.97 Å². The number of aliphatic hydroxyl groups excluding tert-OH is 1. The zero-order valence-corrected chi connectivity index (χ0v) is 20.1. The molecule has 4 atom stereocenters. The largest absolute Gasteiger partial charge is 0.465 e. The molecule has 1 heterocycles. The fraction of sp³-hybridized carbons (Fsp3) is 0.650. The molecule has 9 heteroatoms. The van der Waals surface area contributed by atoms with Gasteiger partial charge in [-0.3, -0.25) is 4.79 Å². The van der Waals surface area contributed by atoms with Gasteiger partial charge in [-0.25, -0.2) is 8.42 Å². The molecule has 1 fully saturated rings. The molecular formula is C20H33NO6SSi. The molecule has 0 amide bonds. The number of esters is 1. The van der Waals surface area contributed by atoms with Crippen LogP contribution in [0.3, 0.4) is 0 Å². The summed E-state index contributed by atoms with van der Waals surface area (Å²) < 4.78 is 38.3. The minimum atomic E-state index is -3.94. The van der Waals surface area contributed by atoms with Crippen LogP contribution in [0, 0.1) is 6.92 Å². The van der Waals surface area contributed by atoms with Gasteiger partial charge in [-0.2, -0.15) is 4.31 Å². The van der Waals surface area contributed by atoms with Crippen LogP contribution in [0.4, 0.5) is 0 Å². The van der Waals surface area contributed by atoms with Crippen molar-refractivity contribution in [3.05, 3.63) is 29.8 Å². The number of nitrogens with zero attached hydrogens (tertiary/aromatic N) is 1. The van der Waals surface area contributed by atoms with E-state index in [1.54, 1.807) is 19.1 Å². The molecule has 1 aliphatic heterocycles. The lowest BCUT2D eigenvalue weighted by Crippen LogP contribution is -2.43. The summed E-state index contributed by atoms with van der Waals surface area (Å²) in [5, 5.41) is 10.7. The average molecular weight is 444 g/mol. The van der Waals surface area contributed by atoms with Gasteiger partial charge in [0.15, 0.2) is 8.32 Å². The maximum Gasteiger partial charge on any atom is 0.326 e. The Labute approximate surface area is 175 Å². The van der Waals surface area contributed by atoms with Gasteiger partial charge in [-0.1, -0.05) is 38.5 Å². The van der Waals surface area contributed by atoms with Crippen LogP contribution >= 0.6 is 0 Å². The Morgan fingerprint density at radius 1 is 1.24 bits per heavy atom. The number of ether oxygens (including phenoxy) is 1. The lowest BCUT2D eigenvalue weighted by atomic mass is 10.2. The predicted octanol–water partition coefficient (Wildman–Crippen LogP) is 2.68. The Morgan fingerprint density at radius 2 is 1.79 bits per heavy atom. The van der Waals surface area contributed by atoms with Crippen LogP contribution in [0.1, 0.15) is 33.3 Å². The van der Waals surface area contributed by atoms with E-state index in [1.807, 2.05) is 6.92 Å². The van der Waals surface area contributed by atoms with Gasteiger partial charge in [-0.05, 0) is 44.1 Å². The van der Waals surface area contributed by atoms with Gasteiger partial charge in [0.05, 0.1) is 30.3 Å². The minimum absolute atomic E-state index is 0.0308. The first kappa shape index (κ1) is 24.0. The molecule has 29 heavy (non-hydrogen) atoms. The Kier molecular flexibility index (Phi) is 7.01. The van der Waals surface area contributed by atoms with E-state index in [2.05, 4.69) is 33.9 Å². The zero-order chi connectivity index (χ0) is 22.2. The number of carbonyl (C=O) groups excluding carboxylic acids is 1. The summed E-state index contributed by atoms with van der Waals surface area (Å²) in [6, 6.07) is 4.45. The van der Waals surface area contributed by atoms with Crippen molar-refractivity contribution < 1.29 is 27.5 Å². The Morgan fingerprint density at radius 3 is 2.28 bits per heavy atom. The molecule has 1 aliphatic rings. The van der Waals surface area contributed by atoms with E-state index in [-0.39, 0.29) is 23.1 Å². The average Bonchev–Trinajstić information content (AvgIpc) is 3.36. The molecule has 7 nitrogen and oxygen atoms in total. The highest BCUT2D eigenvalue weighted by molar-refractivity contribution is 7.89. The van der Waals surface area contributed by atoms with Crippen molar-refractivity contribution in [2.24, 2.45) is 0 Å². The Balaban J connectivity index is 2.24. The van der Waals surface area contributed by atoms with Crippen molar-refractivity contribution in [2.45, 2.75) is 75.8 Å². The van der Waals surface area contributed by atoms with Crippen LogP contribution in [0.2, 0.25) is 18.1 Å². The number of aliphatic hydroxyl groups is 1. The summed E-state index contributed by atoms with van der Waals surface area (Å²) in [7, 11) is -6.08. The van der Waals surface area contributed by atoms with Gasteiger partial charge in [0.1, 0.15) is 6.04 Å². The van der Waals surface area contributed by atoms with E-state index in [4.69, 9.17) is 9.16 Å². The van der Waals surface area contributed by atoms with Crippen LogP contribution in [-0.4, -0.2) is 63.5 Å². The summed E-state index contributed by atoms with van der Waals surface area (Å²) in [4.78, 5) is 12.4. The van der Waals surface area contributed by atoms with Gasteiger partial charge in [0.2, 0.25) is 10.0 Å². The summed E-state index contributed by atoms with van der Waals surface area (Å²) in [6.45, 7) is 14.0. The summed E-state index contributed by atoms with van der Waals surface area (Å²) in [6.07, 6.45) is -1.13. The predicted molar refractivity (Wildman–Crippen MR) is 114 cm³/mol. The molecule has 1 aromatic rings. The van der Waals surface area contributed by atoms with E-state index in [0.717, 1.165) is 9.87 Å². The second kappa shape index (κ2) is 8.47. The van der Waals surface area contributed by atoms with Crippen molar-refractivity contribution >= 4 is 24.3 Å². The number of rotatable bonds is 8. The lowest BCUT2D eigenvalue weighted by molar-refractivity contribution is -0.143. The van der Waals surface area contributed by atoms with Crippen LogP contribution < -0.4 is 0 Å². The highest BCUT2D eigenvalue weighted by atomic mass is 32.2. The highest BCUT2D eigenvalue weighted by Crippen LogP contribution is 2.41. The maximum absolute atomic E-state index is 13.1. The molecule has 1 aromatic carbocycles. The SMILES string of the molecule is CCOC(=O)[C@@H]1[C@H]([C@H](O)CO[Si](C)(C)C(C)(C)C)N1S(=O)(=O)c1ccc(C)cc1. The monoisotopic (exact) mass is 443 g/mol. The molecule has 0 radical (unpaired) electrons. The van der Waals surface area contributed by atoms with Crippen LogP contribution in [0.15, 0.2) is 29.2 Å². The third kappa shape index (κ3) is 5.08. The third-order valence-electron chi connectivity index (χ3n) is 5.74. The van der Waals surface area contributed by atoms with Crippen molar-refractivity contribution in [1.29, 1.82) is 0 Å². The molecular weight excluding hydrogens is 410 g/mol. The van der Waals surface area contributed by atoms with E-state index < -0.39 is 42.5 Å². The molecule has 0 aliphatic carbocycles. The van der Waals surface area contributed by atoms with Crippen LogP contribution in [-0.2, 0) is 24.0 Å². The van der Waals surface area contributed by atoms with Crippen molar-refractivity contribution in [3.63, 3.8) is 0 Å². The van der Waals surface area contributed by atoms with Gasteiger partial charge in [0.25, 0.3) is 0 Å². The van der Waals surface area contributed by atoms with E-state index in [9.17, 15) is 18.3 Å². The number of hydrogen-bond donors (Lipinski definition) is 1. The molecule has 1 saturated heterocycles. The van der Waals surface area contributed by atoms with Crippen molar-refractivity contribution in [2.75, 3.05) is 13.2 Å². The first-order chi connectivity index (χ1) is 13.2. The maximum atomic E-state index is 13.1. The summed E-state index contributed by atoms with van der Waals surface area (Å²) in [5.74, 6) is -0.653. The topological polar surface area (TPSA) is 92.9 Å². The fourth-order valence-electron chi connectivity index (χ4n) is 2.83. The second-order valence-electron chi connectivity index (χ2n) is 8.97.